The number of halogens is 1. The lowest BCUT2D eigenvalue weighted by Crippen LogP contribution is -2.20. The van der Waals surface area contributed by atoms with E-state index in [9.17, 15) is 4.79 Å². The smallest absolute Gasteiger partial charge is 0.253 e. The lowest BCUT2D eigenvalue weighted by molar-refractivity contribution is 0.713. The van der Waals surface area contributed by atoms with Crippen LogP contribution in [0.1, 0.15) is 11.4 Å². The minimum atomic E-state index is -0.0581. The van der Waals surface area contributed by atoms with Gasteiger partial charge in [0, 0.05) is 22.4 Å². The van der Waals surface area contributed by atoms with Gasteiger partial charge in [-0.05, 0) is 35.0 Å². The molecule has 2 rings (SSSR count). The van der Waals surface area contributed by atoms with Crippen LogP contribution in [0.3, 0.4) is 0 Å². The Morgan fingerprint density at radius 1 is 1.38 bits per heavy atom. The van der Waals surface area contributed by atoms with Gasteiger partial charge in [-0.3, -0.25) is 14.3 Å². The molecular formula is C11H10BrN3O. The van der Waals surface area contributed by atoms with Gasteiger partial charge in [0.25, 0.3) is 5.56 Å². The Balaban J connectivity index is 2.27. The summed E-state index contributed by atoms with van der Waals surface area (Å²) in [6.45, 7) is 2.24. The zero-order valence-corrected chi connectivity index (χ0v) is 10.3. The molecule has 0 saturated carbocycles. The number of rotatable bonds is 2. The van der Waals surface area contributed by atoms with E-state index < -0.39 is 0 Å². The van der Waals surface area contributed by atoms with Crippen LogP contribution in [0.4, 0.5) is 0 Å². The normalized spacial score (nSPS) is 10.4. The average molecular weight is 280 g/mol. The van der Waals surface area contributed by atoms with Crippen LogP contribution < -0.4 is 5.56 Å². The van der Waals surface area contributed by atoms with Crippen molar-refractivity contribution in [2.45, 2.75) is 13.5 Å². The molecule has 82 valence electrons. The van der Waals surface area contributed by atoms with Crippen molar-refractivity contribution >= 4 is 15.9 Å². The summed E-state index contributed by atoms with van der Waals surface area (Å²) < 4.78 is 2.45. The van der Waals surface area contributed by atoms with Gasteiger partial charge < -0.3 is 0 Å². The van der Waals surface area contributed by atoms with Gasteiger partial charge in [0.1, 0.15) is 0 Å². The summed E-state index contributed by atoms with van der Waals surface area (Å²) in [4.78, 5) is 19.9. The minimum Gasteiger partial charge on any atom is -0.293 e. The Hall–Kier alpha value is -1.49. The molecule has 0 atom stereocenters. The number of aromatic nitrogens is 3. The Morgan fingerprint density at radius 3 is 2.81 bits per heavy atom. The van der Waals surface area contributed by atoms with Gasteiger partial charge in [-0.15, -0.1) is 0 Å². The van der Waals surface area contributed by atoms with Crippen LogP contribution in [0.25, 0.3) is 0 Å². The molecule has 4 nitrogen and oxygen atoms in total. The Kier molecular flexibility index (Phi) is 3.14. The third-order valence-corrected chi connectivity index (χ3v) is 2.61. The monoisotopic (exact) mass is 279 g/mol. The predicted molar refractivity (Wildman–Crippen MR) is 64.3 cm³/mol. The number of pyridine rings is 1. The second kappa shape index (κ2) is 4.57. The fraction of sp³-hybridized carbons (Fsp3) is 0.182. The fourth-order valence-corrected chi connectivity index (χ4v) is 1.54. The molecule has 0 aromatic carbocycles. The van der Waals surface area contributed by atoms with E-state index in [1.165, 1.54) is 10.6 Å². The van der Waals surface area contributed by atoms with E-state index >= 15 is 0 Å². The average Bonchev–Trinajstić information content (AvgIpc) is 2.25. The molecule has 0 spiro atoms. The van der Waals surface area contributed by atoms with Crippen LogP contribution in [0, 0.1) is 6.92 Å². The molecule has 2 aromatic heterocycles. The second-order valence-electron chi connectivity index (χ2n) is 3.46. The van der Waals surface area contributed by atoms with Gasteiger partial charge >= 0.3 is 0 Å². The Bertz CT molecular complexity index is 548. The number of hydrogen-bond donors (Lipinski definition) is 0. The van der Waals surface area contributed by atoms with Gasteiger partial charge in [-0.2, -0.15) is 0 Å². The summed E-state index contributed by atoms with van der Waals surface area (Å²) in [7, 11) is 0. The molecular weight excluding hydrogens is 270 g/mol. The van der Waals surface area contributed by atoms with Crippen molar-refractivity contribution in [3.05, 3.63) is 56.9 Å². The maximum atomic E-state index is 11.6. The second-order valence-corrected chi connectivity index (χ2v) is 4.38. The van der Waals surface area contributed by atoms with Crippen LogP contribution in [0.15, 0.2) is 40.0 Å². The van der Waals surface area contributed by atoms with Crippen molar-refractivity contribution in [1.82, 2.24) is 14.5 Å². The van der Waals surface area contributed by atoms with Crippen molar-refractivity contribution in [2.75, 3.05) is 0 Å². The number of aryl methyl sites for hydroxylation is 1. The standard InChI is InChI=1S/C11H10BrN3O/c1-8-4-11(16)15(7-14-8)6-10-3-2-9(12)5-13-10/h2-5,7H,6H2,1H3. The lowest BCUT2D eigenvalue weighted by atomic mass is 10.3. The summed E-state index contributed by atoms with van der Waals surface area (Å²) in [5, 5.41) is 0. The molecule has 0 unspecified atom stereocenters. The molecule has 0 aliphatic rings. The molecule has 0 aliphatic carbocycles. The van der Waals surface area contributed by atoms with Gasteiger partial charge in [0.15, 0.2) is 0 Å². The molecule has 2 heterocycles. The van der Waals surface area contributed by atoms with Crippen molar-refractivity contribution < 1.29 is 0 Å². The van der Waals surface area contributed by atoms with E-state index in [0.29, 0.717) is 6.54 Å². The van der Waals surface area contributed by atoms with E-state index in [-0.39, 0.29) is 5.56 Å². The summed E-state index contributed by atoms with van der Waals surface area (Å²) in [5.41, 5.74) is 1.50. The Morgan fingerprint density at radius 2 is 2.19 bits per heavy atom. The summed E-state index contributed by atoms with van der Waals surface area (Å²) in [6.07, 6.45) is 3.25. The third-order valence-electron chi connectivity index (χ3n) is 2.14. The van der Waals surface area contributed by atoms with Crippen LogP contribution in [0.5, 0.6) is 0 Å². The highest BCUT2D eigenvalue weighted by atomic mass is 79.9. The van der Waals surface area contributed by atoms with Gasteiger partial charge in [0.05, 0.1) is 18.6 Å². The third kappa shape index (κ3) is 2.55. The van der Waals surface area contributed by atoms with Gasteiger partial charge in [-0.25, -0.2) is 4.98 Å². The van der Waals surface area contributed by atoms with Crippen LogP contribution >= 0.6 is 15.9 Å². The zero-order valence-electron chi connectivity index (χ0n) is 8.72. The lowest BCUT2D eigenvalue weighted by Gasteiger charge is -2.04. The molecule has 0 fully saturated rings. The number of nitrogens with zero attached hydrogens (tertiary/aromatic N) is 3. The molecule has 0 amide bonds. The molecule has 0 aliphatic heterocycles. The van der Waals surface area contributed by atoms with Crippen molar-refractivity contribution in [3.63, 3.8) is 0 Å². The van der Waals surface area contributed by atoms with Gasteiger partial charge in [0.2, 0.25) is 0 Å². The van der Waals surface area contributed by atoms with Crippen molar-refractivity contribution in [1.29, 1.82) is 0 Å². The van der Waals surface area contributed by atoms with E-state index in [0.717, 1.165) is 15.9 Å². The largest absolute Gasteiger partial charge is 0.293 e. The fourth-order valence-electron chi connectivity index (χ4n) is 1.31. The topological polar surface area (TPSA) is 47.8 Å². The highest BCUT2D eigenvalue weighted by molar-refractivity contribution is 9.10. The molecule has 16 heavy (non-hydrogen) atoms. The predicted octanol–water partition coefficient (Wildman–Crippen LogP) is 1.76. The maximum Gasteiger partial charge on any atom is 0.253 e. The Labute approximate surface area is 101 Å². The van der Waals surface area contributed by atoms with Crippen molar-refractivity contribution in [2.24, 2.45) is 0 Å². The highest BCUT2D eigenvalue weighted by Gasteiger charge is 1.99. The first-order valence-corrected chi connectivity index (χ1v) is 5.58. The molecule has 2 aromatic rings. The van der Waals surface area contributed by atoms with Crippen LogP contribution in [-0.2, 0) is 6.54 Å². The molecule has 0 bridgehead atoms. The summed E-state index contributed by atoms with van der Waals surface area (Å²) >= 11 is 3.31. The minimum absolute atomic E-state index is 0.0581. The molecule has 0 radical (unpaired) electrons. The van der Waals surface area contributed by atoms with Crippen molar-refractivity contribution in [3.8, 4) is 0 Å². The molecule has 0 N–H and O–H groups in total. The first-order chi connectivity index (χ1) is 7.65. The van der Waals surface area contributed by atoms with Crippen LogP contribution in [0.2, 0.25) is 0 Å². The number of hydrogen-bond acceptors (Lipinski definition) is 3. The van der Waals surface area contributed by atoms with E-state index in [4.69, 9.17) is 0 Å². The first kappa shape index (κ1) is 11.0. The summed E-state index contributed by atoms with van der Waals surface area (Å²) in [6, 6.07) is 5.28. The van der Waals surface area contributed by atoms with E-state index in [1.54, 1.807) is 19.4 Å². The zero-order chi connectivity index (χ0) is 11.5. The molecule has 5 heteroatoms. The van der Waals surface area contributed by atoms with Crippen LogP contribution in [-0.4, -0.2) is 14.5 Å². The summed E-state index contributed by atoms with van der Waals surface area (Å²) in [5.74, 6) is 0. The highest BCUT2D eigenvalue weighted by Crippen LogP contribution is 2.07. The van der Waals surface area contributed by atoms with Gasteiger partial charge in [-0.1, -0.05) is 0 Å². The maximum absolute atomic E-state index is 11.6. The quantitative estimate of drug-likeness (QED) is 0.842. The SMILES string of the molecule is Cc1cc(=O)n(Cc2ccc(Br)cn2)cn1. The van der Waals surface area contributed by atoms with E-state index in [2.05, 4.69) is 25.9 Å². The molecule has 0 saturated heterocycles. The first-order valence-electron chi connectivity index (χ1n) is 4.79. The van der Waals surface area contributed by atoms with E-state index in [1.807, 2.05) is 12.1 Å².